The lowest BCUT2D eigenvalue weighted by atomic mass is 9.82. The zero-order valence-corrected chi connectivity index (χ0v) is 36.1. The predicted octanol–water partition coefficient (Wildman–Crippen LogP) is 7.46. The maximum Gasteiger partial charge on any atom is 0.264 e. The Kier molecular flexibility index (Phi) is 10.7. The number of amides is 3. The fraction of sp³-hybridized carbons (Fsp3) is 0.300. The van der Waals surface area contributed by atoms with Crippen LogP contribution in [0, 0.1) is 5.92 Å². The maximum atomic E-state index is 15.5. The van der Waals surface area contributed by atoms with E-state index in [1.807, 2.05) is 114 Å². The molecule has 0 unspecified atom stereocenters. The molecule has 0 aliphatic carbocycles. The van der Waals surface area contributed by atoms with Crippen molar-refractivity contribution >= 4 is 53.3 Å². The van der Waals surface area contributed by atoms with Gasteiger partial charge in [-0.05, 0) is 70.6 Å². The van der Waals surface area contributed by atoms with Gasteiger partial charge in [0.25, 0.3) is 5.91 Å². The molecule has 3 amide bonds. The molecule has 4 heterocycles. The summed E-state index contributed by atoms with van der Waals surface area (Å²) in [5, 5.41) is 15.9. The standard InChI is InChI=1S/C50H52N4O6Si/c1-32-48(61(3,4)40-21-19-39(59-2)20-22-40)45(27-47(57)53-30-35-15-9-8-14-34(35)24-38(53)31-55)60-50(32)42-26-37(52-46(56)25-36-28-51-43-17-11-10-16-41(36)43)18-23-44(42)54(49(50)58)29-33-12-6-5-7-13-33/h5-23,26,28,32,38,45,48,51,55H,24-25,27,29-31H2,1-4H3,(H,52,56)/t32-,38-,45+,48-,50+/m0/s1. The van der Waals surface area contributed by atoms with E-state index in [1.54, 1.807) is 12.0 Å². The van der Waals surface area contributed by atoms with Gasteiger partial charge in [-0.25, -0.2) is 0 Å². The molecule has 312 valence electrons. The lowest BCUT2D eigenvalue weighted by molar-refractivity contribution is -0.151. The molecule has 1 spiro atoms. The molecule has 10 nitrogen and oxygen atoms in total. The molecule has 0 saturated carbocycles. The van der Waals surface area contributed by atoms with Crippen molar-refractivity contribution in [2.24, 2.45) is 5.92 Å². The largest absolute Gasteiger partial charge is 0.497 e. The molecule has 1 saturated heterocycles. The quantitative estimate of drug-likeness (QED) is 0.117. The molecule has 5 aromatic carbocycles. The van der Waals surface area contributed by atoms with Crippen LogP contribution in [-0.4, -0.2) is 66.6 Å². The molecule has 11 heteroatoms. The number of para-hydroxylation sites is 1. The summed E-state index contributed by atoms with van der Waals surface area (Å²) in [5.41, 5.74) is 5.37. The van der Waals surface area contributed by atoms with Crippen LogP contribution in [0.5, 0.6) is 5.75 Å². The van der Waals surface area contributed by atoms with Crippen LogP contribution in [0.2, 0.25) is 18.6 Å². The number of carbonyl (C=O) groups is 3. The van der Waals surface area contributed by atoms with E-state index in [2.05, 4.69) is 48.5 Å². The fourth-order valence-corrected chi connectivity index (χ4v) is 14.5. The number of carbonyl (C=O) groups excluding carboxylic acids is 3. The lowest BCUT2D eigenvalue weighted by Gasteiger charge is -2.39. The van der Waals surface area contributed by atoms with Crippen molar-refractivity contribution in [2.45, 2.75) is 75.7 Å². The van der Waals surface area contributed by atoms with Crippen LogP contribution in [0.3, 0.4) is 0 Å². The highest BCUT2D eigenvalue weighted by molar-refractivity contribution is 6.91. The number of nitrogens with zero attached hydrogens (tertiary/aromatic N) is 2. The summed E-state index contributed by atoms with van der Waals surface area (Å²) in [7, 11) is -0.941. The highest BCUT2D eigenvalue weighted by Crippen LogP contribution is 2.60. The summed E-state index contributed by atoms with van der Waals surface area (Å²) in [6, 6.07) is 39.4. The first-order chi connectivity index (χ1) is 29.5. The number of nitrogens with one attached hydrogen (secondary N) is 2. The fourth-order valence-electron chi connectivity index (χ4n) is 10.5. The molecule has 0 radical (unpaired) electrons. The first kappa shape index (κ1) is 40.4. The van der Waals surface area contributed by atoms with Crippen LogP contribution in [0.25, 0.3) is 10.9 Å². The number of rotatable bonds is 11. The molecule has 3 aliphatic rings. The topological polar surface area (TPSA) is 124 Å². The van der Waals surface area contributed by atoms with Gasteiger partial charge < -0.3 is 34.7 Å². The Labute approximate surface area is 357 Å². The average Bonchev–Trinajstić information content (AvgIpc) is 3.89. The van der Waals surface area contributed by atoms with E-state index in [0.29, 0.717) is 30.8 Å². The summed E-state index contributed by atoms with van der Waals surface area (Å²) in [5.74, 6) is -0.0867. The Morgan fingerprint density at radius 2 is 1.66 bits per heavy atom. The number of hydrogen-bond donors (Lipinski definition) is 3. The molecule has 5 atom stereocenters. The van der Waals surface area contributed by atoms with Crippen molar-refractivity contribution in [3.05, 3.63) is 155 Å². The number of hydrogen-bond acceptors (Lipinski definition) is 6. The van der Waals surface area contributed by atoms with E-state index in [9.17, 15) is 14.7 Å². The normalized spacial score (nSPS) is 22.1. The Balaban J connectivity index is 1.11. The van der Waals surface area contributed by atoms with E-state index in [4.69, 9.17) is 9.47 Å². The molecule has 0 bridgehead atoms. The number of aromatic nitrogens is 1. The second kappa shape index (κ2) is 16.1. The summed E-state index contributed by atoms with van der Waals surface area (Å²) in [6.45, 7) is 7.27. The van der Waals surface area contributed by atoms with Gasteiger partial charge in [0, 0.05) is 40.8 Å². The number of aliphatic hydroxyl groups excluding tert-OH is 1. The number of ether oxygens (including phenoxy) is 2. The minimum absolute atomic E-state index is 0.0460. The minimum Gasteiger partial charge on any atom is -0.497 e. The molecular weight excluding hydrogens is 781 g/mol. The van der Waals surface area contributed by atoms with Gasteiger partial charge >= 0.3 is 0 Å². The zero-order valence-electron chi connectivity index (χ0n) is 35.1. The van der Waals surface area contributed by atoms with Gasteiger partial charge in [0.2, 0.25) is 11.8 Å². The van der Waals surface area contributed by atoms with Crippen LogP contribution < -0.4 is 20.1 Å². The highest BCUT2D eigenvalue weighted by atomic mass is 28.3. The minimum atomic E-state index is -2.59. The Hall–Kier alpha value is -6.01. The van der Waals surface area contributed by atoms with Crippen LogP contribution in [0.15, 0.2) is 128 Å². The van der Waals surface area contributed by atoms with E-state index in [1.165, 1.54) is 0 Å². The van der Waals surface area contributed by atoms with E-state index in [-0.39, 0.29) is 54.7 Å². The molecule has 61 heavy (non-hydrogen) atoms. The van der Waals surface area contributed by atoms with Gasteiger partial charge in [0.05, 0.1) is 59.0 Å². The molecule has 1 fully saturated rings. The number of aromatic amines is 1. The van der Waals surface area contributed by atoms with E-state index in [0.717, 1.165) is 49.8 Å². The van der Waals surface area contributed by atoms with Gasteiger partial charge in [0.15, 0.2) is 5.60 Å². The van der Waals surface area contributed by atoms with Crippen molar-refractivity contribution in [3.63, 3.8) is 0 Å². The number of anilines is 2. The summed E-state index contributed by atoms with van der Waals surface area (Å²) >= 11 is 0. The lowest BCUT2D eigenvalue weighted by Crippen LogP contribution is -2.52. The molecule has 3 aliphatic heterocycles. The van der Waals surface area contributed by atoms with Gasteiger partial charge in [-0.3, -0.25) is 14.4 Å². The van der Waals surface area contributed by atoms with Crippen molar-refractivity contribution in [1.29, 1.82) is 0 Å². The number of H-pyrrole nitrogens is 1. The van der Waals surface area contributed by atoms with Crippen LogP contribution in [-0.2, 0) is 50.7 Å². The first-order valence-electron chi connectivity index (χ1n) is 21.2. The van der Waals surface area contributed by atoms with Crippen molar-refractivity contribution in [2.75, 3.05) is 23.9 Å². The summed E-state index contributed by atoms with van der Waals surface area (Å²) < 4.78 is 12.9. The van der Waals surface area contributed by atoms with E-state index >= 15 is 4.79 Å². The van der Waals surface area contributed by atoms with Gasteiger partial charge in [0.1, 0.15) is 5.75 Å². The van der Waals surface area contributed by atoms with Gasteiger partial charge in [-0.15, -0.1) is 0 Å². The third-order valence-corrected chi connectivity index (χ3v) is 18.0. The summed E-state index contributed by atoms with van der Waals surface area (Å²) in [4.78, 5) is 50.8. The van der Waals surface area contributed by atoms with E-state index < -0.39 is 19.8 Å². The smallest absolute Gasteiger partial charge is 0.264 e. The Morgan fingerprint density at radius 3 is 2.41 bits per heavy atom. The highest BCUT2D eigenvalue weighted by Gasteiger charge is 2.66. The van der Waals surface area contributed by atoms with Crippen LogP contribution in [0.4, 0.5) is 11.4 Å². The number of methoxy groups -OCH3 is 1. The maximum absolute atomic E-state index is 15.5. The monoisotopic (exact) mass is 832 g/mol. The van der Waals surface area contributed by atoms with Crippen LogP contribution >= 0.6 is 0 Å². The Morgan fingerprint density at radius 1 is 0.934 bits per heavy atom. The van der Waals surface area contributed by atoms with Gasteiger partial charge in [-0.2, -0.15) is 0 Å². The zero-order chi connectivity index (χ0) is 42.5. The molecule has 6 aromatic rings. The molecular formula is C50H52N4O6Si. The first-order valence-corrected chi connectivity index (χ1v) is 24.2. The third-order valence-electron chi connectivity index (χ3n) is 13.6. The predicted molar refractivity (Wildman–Crippen MR) is 240 cm³/mol. The van der Waals surface area contributed by atoms with Crippen molar-refractivity contribution in [3.8, 4) is 5.75 Å². The number of fused-ring (bicyclic) bond motifs is 4. The second-order valence-electron chi connectivity index (χ2n) is 17.4. The SMILES string of the molecule is COc1ccc([Si](C)(C)[C@@H]2[C@@H](CC(=O)N3Cc4ccccc4C[C@H]3CO)O[C@]3(C(=O)N(Cc4ccccc4)c4ccc(NC(=O)Cc5c[nH]c6ccccc56)cc43)[C@H]2C)cc1. The molecule has 9 rings (SSSR count). The van der Waals surface area contributed by atoms with Gasteiger partial charge in [-0.1, -0.05) is 110 Å². The number of benzene rings is 5. The number of aliphatic hydroxyl groups is 1. The molecule has 3 N–H and O–H groups in total. The van der Waals surface area contributed by atoms with Crippen molar-refractivity contribution in [1.82, 2.24) is 9.88 Å². The average molecular weight is 833 g/mol. The van der Waals surface area contributed by atoms with Crippen molar-refractivity contribution < 1.29 is 29.0 Å². The summed E-state index contributed by atoms with van der Waals surface area (Å²) in [6.07, 6.45) is 2.02. The Bertz CT molecular complexity index is 2610. The third kappa shape index (κ3) is 7.14. The molecule has 1 aromatic heterocycles. The van der Waals surface area contributed by atoms with Crippen LogP contribution in [0.1, 0.15) is 41.2 Å². The second-order valence-corrected chi connectivity index (χ2v) is 22.1.